The lowest BCUT2D eigenvalue weighted by molar-refractivity contribution is 0.0735. The van der Waals surface area contributed by atoms with Crippen LogP contribution >= 0.6 is 0 Å². The predicted octanol–water partition coefficient (Wildman–Crippen LogP) is 4.89. The normalized spacial score (nSPS) is 10.7. The van der Waals surface area contributed by atoms with E-state index in [0.717, 1.165) is 25.0 Å². The Kier molecular flexibility index (Phi) is 5.91. The minimum absolute atomic E-state index is 0.170. The van der Waals surface area contributed by atoms with Crippen LogP contribution in [0.1, 0.15) is 42.3 Å². The molecule has 2 aromatic carbocycles. The van der Waals surface area contributed by atoms with Gasteiger partial charge in [-0.1, -0.05) is 19.8 Å². The van der Waals surface area contributed by atoms with Gasteiger partial charge in [0.1, 0.15) is 22.8 Å². The van der Waals surface area contributed by atoms with Crippen LogP contribution in [0.25, 0.3) is 11.0 Å². The molecule has 0 N–H and O–H groups in total. The van der Waals surface area contributed by atoms with Gasteiger partial charge in [-0.25, -0.2) is 4.79 Å². The summed E-state index contributed by atoms with van der Waals surface area (Å²) in [7, 11) is 0. The maximum absolute atomic E-state index is 12.3. The third kappa shape index (κ3) is 4.76. The van der Waals surface area contributed by atoms with Crippen LogP contribution in [0.15, 0.2) is 57.7 Å². The smallest absolute Gasteiger partial charge is 0.343 e. The van der Waals surface area contributed by atoms with E-state index >= 15 is 0 Å². The quantitative estimate of drug-likeness (QED) is 0.338. The Balaban J connectivity index is 1.68. The Labute approximate surface area is 157 Å². The van der Waals surface area contributed by atoms with Crippen LogP contribution in [0.3, 0.4) is 0 Å². The summed E-state index contributed by atoms with van der Waals surface area (Å²) in [5, 5.41) is 0.377. The topological polar surface area (TPSA) is 65.7 Å². The molecule has 0 aliphatic rings. The molecule has 0 radical (unpaired) electrons. The lowest BCUT2D eigenvalue weighted by atomic mass is 10.2. The maximum Gasteiger partial charge on any atom is 0.343 e. The second-order valence-electron chi connectivity index (χ2n) is 6.35. The molecule has 5 heteroatoms. The summed E-state index contributed by atoms with van der Waals surface area (Å²) >= 11 is 0. The van der Waals surface area contributed by atoms with Crippen LogP contribution in [0.2, 0.25) is 0 Å². The summed E-state index contributed by atoms with van der Waals surface area (Å²) in [5.74, 6) is 1.06. The molecule has 0 saturated heterocycles. The van der Waals surface area contributed by atoms with Crippen molar-refractivity contribution in [2.45, 2.75) is 33.1 Å². The maximum atomic E-state index is 12.3. The Morgan fingerprint density at radius 2 is 1.74 bits per heavy atom. The molecule has 0 atom stereocenters. The first kappa shape index (κ1) is 18.7. The van der Waals surface area contributed by atoms with E-state index in [2.05, 4.69) is 6.92 Å². The third-order valence-corrected chi connectivity index (χ3v) is 4.14. The SMILES string of the molecule is CCCCCOc1ccc(C(=O)Oc2ccc3oc(C)cc(=O)c3c2)cc1. The molecule has 0 saturated carbocycles. The summed E-state index contributed by atoms with van der Waals surface area (Å²) in [6, 6.07) is 13.0. The van der Waals surface area contributed by atoms with E-state index in [4.69, 9.17) is 13.9 Å². The summed E-state index contributed by atoms with van der Waals surface area (Å²) in [5.41, 5.74) is 0.701. The molecule has 27 heavy (non-hydrogen) atoms. The number of aryl methyl sites for hydroxylation is 1. The van der Waals surface area contributed by atoms with Crippen LogP contribution in [-0.2, 0) is 0 Å². The molecule has 0 amide bonds. The van der Waals surface area contributed by atoms with Crippen molar-refractivity contribution in [2.24, 2.45) is 0 Å². The fraction of sp³-hybridized carbons (Fsp3) is 0.273. The van der Waals surface area contributed by atoms with Crippen molar-refractivity contribution >= 4 is 16.9 Å². The second-order valence-corrected chi connectivity index (χ2v) is 6.35. The van der Waals surface area contributed by atoms with Crippen LogP contribution in [0, 0.1) is 6.92 Å². The first-order valence-corrected chi connectivity index (χ1v) is 9.06. The summed E-state index contributed by atoms with van der Waals surface area (Å²) < 4.78 is 16.5. The molecule has 3 aromatic rings. The Morgan fingerprint density at radius 3 is 2.48 bits per heavy atom. The molecule has 3 rings (SSSR count). The second kappa shape index (κ2) is 8.54. The number of carbonyl (C=O) groups is 1. The molecule has 0 spiro atoms. The molecular formula is C22H22O5. The number of esters is 1. The average molecular weight is 366 g/mol. The summed E-state index contributed by atoms with van der Waals surface area (Å²) in [4.78, 5) is 24.4. The zero-order valence-electron chi connectivity index (χ0n) is 15.5. The van der Waals surface area contributed by atoms with Crippen molar-refractivity contribution in [1.82, 2.24) is 0 Å². The number of unbranched alkanes of at least 4 members (excludes halogenated alkanes) is 2. The van der Waals surface area contributed by atoms with Gasteiger partial charge in [0.25, 0.3) is 0 Å². The number of hydrogen-bond acceptors (Lipinski definition) is 5. The van der Waals surface area contributed by atoms with Gasteiger partial charge in [0.2, 0.25) is 0 Å². The summed E-state index contributed by atoms with van der Waals surface area (Å²) in [6.45, 7) is 4.52. The molecule has 5 nitrogen and oxygen atoms in total. The fourth-order valence-electron chi connectivity index (χ4n) is 2.71. The van der Waals surface area contributed by atoms with E-state index in [0.29, 0.717) is 34.6 Å². The number of hydrogen-bond donors (Lipinski definition) is 0. The van der Waals surface area contributed by atoms with E-state index in [1.54, 1.807) is 43.3 Å². The molecule has 140 valence electrons. The zero-order chi connectivity index (χ0) is 19.2. The van der Waals surface area contributed by atoms with Crippen molar-refractivity contribution in [1.29, 1.82) is 0 Å². The Bertz CT molecular complexity index is 986. The van der Waals surface area contributed by atoms with Gasteiger partial charge in [-0.3, -0.25) is 4.79 Å². The van der Waals surface area contributed by atoms with Crippen LogP contribution < -0.4 is 14.9 Å². The average Bonchev–Trinajstić information content (AvgIpc) is 2.66. The number of carbonyl (C=O) groups excluding carboxylic acids is 1. The van der Waals surface area contributed by atoms with Crippen molar-refractivity contribution < 1.29 is 18.7 Å². The molecular weight excluding hydrogens is 344 g/mol. The highest BCUT2D eigenvalue weighted by Crippen LogP contribution is 2.21. The predicted molar refractivity (Wildman–Crippen MR) is 104 cm³/mol. The minimum Gasteiger partial charge on any atom is -0.494 e. The molecule has 1 heterocycles. The van der Waals surface area contributed by atoms with Crippen molar-refractivity contribution in [2.75, 3.05) is 6.61 Å². The fourth-order valence-corrected chi connectivity index (χ4v) is 2.71. The molecule has 0 aliphatic heterocycles. The number of fused-ring (bicyclic) bond motifs is 1. The highest BCUT2D eigenvalue weighted by atomic mass is 16.5. The number of ether oxygens (including phenoxy) is 2. The number of benzene rings is 2. The van der Waals surface area contributed by atoms with Gasteiger partial charge in [0, 0.05) is 6.07 Å². The van der Waals surface area contributed by atoms with Gasteiger partial charge in [-0.15, -0.1) is 0 Å². The monoisotopic (exact) mass is 366 g/mol. The molecule has 0 aliphatic carbocycles. The molecule has 1 aromatic heterocycles. The van der Waals surface area contributed by atoms with E-state index in [-0.39, 0.29) is 5.43 Å². The highest BCUT2D eigenvalue weighted by molar-refractivity contribution is 5.91. The van der Waals surface area contributed by atoms with E-state index in [1.807, 2.05) is 0 Å². The van der Waals surface area contributed by atoms with Crippen LogP contribution in [-0.4, -0.2) is 12.6 Å². The van der Waals surface area contributed by atoms with Gasteiger partial charge in [0.15, 0.2) is 5.43 Å². The van der Waals surface area contributed by atoms with Crippen molar-refractivity contribution in [3.05, 3.63) is 70.1 Å². The highest BCUT2D eigenvalue weighted by Gasteiger charge is 2.11. The largest absolute Gasteiger partial charge is 0.494 e. The Hall–Kier alpha value is -3.08. The van der Waals surface area contributed by atoms with E-state index in [1.165, 1.54) is 12.1 Å². The molecule has 0 bridgehead atoms. The lowest BCUT2D eigenvalue weighted by Crippen LogP contribution is -2.09. The standard InChI is InChI=1S/C22H22O5/c1-3-4-5-12-25-17-8-6-16(7-9-17)22(24)27-18-10-11-21-19(14-18)20(23)13-15(2)26-21/h6-11,13-14H,3-5,12H2,1-2H3. The van der Waals surface area contributed by atoms with Gasteiger partial charge in [-0.05, 0) is 55.8 Å². The van der Waals surface area contributed by atoms with Crippen LogP contribution in [0.5, 0.6) is 11.5 Å². The Morgan fingerprint density at radius 1 is 1.00 bits per heavy atom. The lowest BCUT2D eigenvalue weighted by Gasteiger charge is -2.08. The first-order valence-electron chi connectivity index (χ1n) is 9.06. The van der Waals surface area contributed by atoms with Gasteiger partial charge < -0.3 is 13.9 Å². The van der Waals surface area contributed by atoms with Crippen LogP contribution in [0.4, 0.5) is 0 Å². The van der Waals surface area contributed by atoms with Crippen molar-refractivity contribution in [3.8, 4) is 11.5 Å². The third-order valence-electron chi connectivity index (χ3n) is 4.14. The van der Waals surface area contributed by atoms with Gasteiger partial charge in [-0.2, -0.15) is 0 Å². The number of rotatable bonds is 7. The van der Waals surface area contributed by atoms with E-state index in [9.17, 15) is 9.59 Å². The molecule has 0 fully saturated rings. The summed E-state index contributed by atoms with van der Waals surface area (Å²) in [6.07, 6.45) is 3.29. The molecule has 0 unspecified atom stereocenters. The van der Waals surface area contributed by atoms with Gasteiger partial charge in [0.05, 0.1) is 17.6 Å². The zero-order valence-corrected chi connectivity index (χ0v) is 15.5. The van der Waals surface area contributed by atoms with Crippen molar-refractivity contribution in [3.63, 3.8) is 0 Å². The van der Waals surface area contributed by atoms with Gasteiger partial charge >= 0.3 is 5.97 Å². The first-order chi connectivity index (χ1) is 13.1. The van der Waals surface area contributed by atoms with E-state index < -0.39 is 5.97 Å². The minimum atomic E-state index is -0.497.